The molecule has 1 aromatic rings. The first kappa shape index (κ1) is 12.1. The Morgan fingerprint density at radius 2 is 2.29 bits per heavy atom. The van der Waals surface area contributed by atoms with Crippen LogP contribution in [0.4, 0.5) is 5.00 Å². The van der Waals surface area contributed by atoms with Crippen LogP contribution in [-0.2, 0) is 22.6 Å². The second kappa shape index (κ2) is 4.85. The Labute approximate surface area is 102 Å². The van der Waals surface area contributed by atoms with E-state index in [2.05, 4.69) is 5.32 Å². The van der Waals surface area contributed by atoms with Crippen LogP contribution in [-0.4, -0.2) is 23.6 Å². The smallest absolute Gasteiger partial charge is 0.339 e. The van der Waals surface area contributed by atoms with Crippen molar-refractivity contribution in [2.45, 2.75) is 26.4 Å². The number of hydrogen-bond donors (Lipinski definition) is 2. The van der Waals surface area contributed by atoms with Gasteiger partial charge in [-0.1, -0.05) is 6.92 Å². The van der Waals surface area contributed by atoms with E-state index < -0.39 is 5.97 Å². The fraction of sp³-hybridized carbons (Fsp3) is 0.455. The third kappa shape index (κ3) is 2.32. The van der Waals surface area contributed by atoms with Crippen LogP contribution >= 0.6 is 11.3 Å². The second-order valence-corrected chi connectivity index (χ2v) is 4.82. The number of carboxylic acid groups (broad SMARTS) is 1. The van der Waals surface area contributed by atoms with Gasteiger partial charge in [-0.25, -0.2) is 4.79 Å². The lowest BCUT2D eigenvalue weighted by molar-refractivity contribution is -0.115. The number of aromatic carboxylic acids is 1. The number of fused-ring (bicyclic) bond motifs is 1. The highest BCUT2D eigenvalue weighted by atomic mass is 32.1. The Kier molecular flexibility index (Phi) is 3.44. The van der Waals surface area contributed by atoms with E-state index in [1.165, 1.54) is 11.3 Å². The number of carboxylic acids is 1. The molecule has 0 bridgehead atoms. The normalized spacial score (nSPS) is 14.2. The zero-order valence-corrected chi connectivity index (χ0v) is 10.2. The van der Waals surface area contributed by atoms with Crippen molar-refractivity contribution in [1.29, 1.82) is 0 Å². The van der Waals surface area contributed by atoms with E-state index in [-0.39, 0.29) is 11.5 Å². The zero-order chi connectivity index (χ0) is 12.4. The molecule has 0 saturated heterocycles. The SMILES string of the molecule is CCC(=O)Nc1sc2c(c1C(=O)O)CCOC2. The molecule has 2 rings (SSSR count). The lowest BCUT2D eigenvalue weighted by atomic mass is 10.1. The van der Waals surface area contributed by atoms with Gasteiger partial charge in [0.1, 0.15) is 5.00 Å². The van der Waals surface area contributed by atoms with Crippen LogP contribution in [0.5, 0.6) is 0 Å². The summed E-state index contributed by atoms with van der Waals surface area (Å²) in [6.07, 6.45) is 0.924. The fourth-order valence-electron chi connectivity index (χ4n) is 1.76. The number of carbonyl (C=O) groups is 2. The molecule has 0 radical (unpaired) electrons. The van der Waals surface area contributed by atoms with Gasteiger partial charge in [0.2, 0.25) is 5.91 Å². The molecule has 6 heteroatoms. The molecule has 0 atom stereocenters. The quantitative estimate of drug-likeness (QED) is 0.864. The summed E-state index contributed by atoms with van der Waals surface area (Å²) in [4.78, 5) is 23.5. The lowest BCUT2D eigenvalue weighted by Crippen LogP contribution is -2.14. The first-order chi connectivity index (χ1) is 8.13. The van der Waals surface area contributed by atoms with E-state index in [0.717, 1.165) is 10.4 Å². The number of nitrogens with one attached hydrogen (secondary N) is 1. The van der Waals surface area contributed by atoms with Crippen LogP contribution in [0, 0.1) is 0 Å². The molecular weight excluding hydrogens is 242 g/mol. The molecule has 5 nitrogen and oxygen atoms in total. The third-order valence-electron chi connectivity index (χ3n) is 2.61. The maximum atomic E-state index is 11.3. The summed E-state index contributed by atoms with van der Waals surface area (Å²) in [5.41, 5.74) is 1.04. The van der Waals surface area contributed by atoms with Crippen molar-refractivity contribution < 1.29 is 19.4 Å². The molecular formula is C11H13NO4S. The minimum Gasteiger partial charge on any atom is -0.478 e. The Hall–Kier alpha value is -1.40. The van der Waals surface area contributed by atoms with Gasteiger partial charge in [0, 0.05) is 11.3 Å². The fourth-order valence-corrected chi connectivity index (χ4v) is 2.96. The van der Waals surface area contributed by atoms with Gasteiger partial charge >= 0.3 is 5.97 Å². The van der Waals surface area contributed by atoms with Gasteiger partial charge in [-0.05, 0) is 12.0 Å². The van der Waals surface area contributed by atoms with Crippen molar-refractivity contribution in [3.05, 3.63) is 16.0 Å². The number of anilines is 1. The predicted molar refractivity (Wildman–Crippen MR) is 63.6 cm³/mol. The molecule has 0 saturated carbocycles. The Morgan fingerprint density at radius 3 is 2.94 bits per heavy atom. The predicted octanol–water partition coefficient (Wildman–Crippen LogP) is 1.87. The topological polar surface area (TPSA) is 75.6 Å². The van der Waals surface area contributed by atoms with Gasteiger partial charge in [-0.3, -0.25) is 4.79 Å². The van der Waals surface area contributed by atoms with Gasteiger partial charge in [-0.2, -0.15) is 0 Å². The van der Waals surface area contributed by atoms with Gasteiger partial charge in [0.05, 0.1) is 18.8 Å². The summed E-state index contributed by atoms with van der Waals surface area (Å²) >= 11 is 1.30. The standard InChI is InChI=1S/C11H13NO4S/c1-2-8(13)12-10-9(11(14)15)6-3-4-16-5-7(6)17-10/h2-5H2,1H3,(H,12,13)(H,14,15). The maximum Gasteiger partial charge on any atom is 0.339 e. The summed E-state index contributed by atoms with van der Waals surface area (Å²) in [5.74, 6) is -1.16. The van der Waals surface area contributed by atoms with Crippen LogP contribution in [0.25, 0.3) is 0 Å². The van der Waals surface area contributed by atoms with Crippen molar-refractivity contribution in [2.75, 3.05) is 11.9 Å². The largest absolute Gasteiger partial charge is 0.478 e. The average molecular weight is 255 g/mol. The maximum absolute atomic E-state index is 11.3. The highest BCUT2D eigenvalue weighted by molar-refractivity contribution is 7.17. The molecule has 1 aliphatic heterocycles. The van der Waals surface area contributed by atoms with Crippen molar-refractivity contribution in [1.82, 2.24) is 0 Å². The van der Waals surface area contributed by atoms with Gasteiger partial charge in [-0.15, -0.1) is 11.3 Å². The third-order valence-corrected chi connectivity index (χ3v) is 3.73. The molecule has 92 valence electrons. The summed E-state index contributed by atoms with van der Waals surface area (Å²) < 4.78 is 5.28. The molecule has 2 heterocycles. The van der Waals surface area contributed by atoms with E-state index in [0.29, 0.717) is 31.1 Å². The highest BCUT2D eigenvalue weighted by Crippen LogP contribution is 2.36. The molecule has 0 unspecified atom stereocenters. The van der Waals surface area contributed by atoms with Gasteiger partial charge in [0.15, 0.2) is 0 Å². The molecule has 0 aliphatic carbocycles. The number of carbonyl (C=O) groups excluding carboxylic acids is 1. The van der Waals surface area contributed by atoms with Crippen LogP contribution < -0.4 is 5.32 Å². The number of hydrogen-bond acceptors (Lipinski definition) is 4. The Bertz CT molecular complexity index is 466. The Balaban J connectivity index is 2.40. The minimum atomic E-state index is -0.990. The molecule has 1 amide bonds. The number of amides is 1. The van der Waals surface area contributed by atoms with Crippen LogP contribution in [0.15, 0.2) is 0 Å². The van der Waals surface area contributed by atoms with Crippen molar-refractivity contribution in [3.8, 4) is 0 Å². The van der Waals surface area contributed by atoms with Crippen molar-refractivity contribution in [3.63, 3.8) is 0 Å². The lowest BCUT2D eigenvalue weighted by Gasteiger charge is -2.11. The molecule has 1 aliphatic rings. The number of ether oxygens (including phenoxy) is 1. The zero-order valence-electron chi connectivity index (χ0n) is 9.41. The minimum absolute atomic E-state index is 0.174. The first-order valence-electron chi connectivity index (χ1n) is 5.39. The van der Waals surface area contributed by atoms with Crippen LogP contribution in [0.2, 0.25) is 0 Å². The molecule has 2 N–H and O–H groups in total. The summed E-state index contributed by atoms with van der Waals surface area (Å²) in [6.45, 7) is 2.69. The number of thiophene rings is 1. The molecule has 1 aromatic heterocycles. The highest BCUT2D eigenvalue weighted by Gasteiger charge is 2.26. The Morgan fingerprint density at radius 1 is 1.53 bits per heavy atom. The van der Waals surface area contributed by atoms with E-state index in [1.54, 1.807) is 6.92 Å². The molecule has 0 aromatic carbocycles. The summed E-state index contributed by atoms with van der Waals surface area (Å²) in [5, 5.41) is 12.3. The first-order valence-corrected chi connectivity index (χ1v) is 6.20. The van der Waals surface area contributed by atoms with E-state index in [1.807, 2.05) is 0 Å². The van der Waals surface area contributed by atoms with Crippen molar-refractivity contribution in [2.24, 2.45) is 0 Å². The van der Waals surface area contributed by atoms with Crippen LogP contribution in [0.3, 0.4) is 0 Å². The number of rotatable bonds is 3. The summed E-state index contributed by atoms with van der Waals surface area (Å²) in [6, 6.07) is 0. The monoisotopic (exact) mass is 255 g/mol. The second-order valence-electron chi connectivity index (χ2n) is 3.72. The van der Waals surface area contributed by atoms with Crippen molar-refractivity contribution >= 4 is 28.2 Å². The molecule has 0 fully saturated rings. The average Bonchev–Trinajstić information content (AvgIpc) is 2.66. The van der Waals surface area contributed by atoms with Crippen LogP contribution in [0.1, 0.15) is 34.1 Å². The molecule has 0 spiro atoms. The van der Waals surface area contributed by atoms with Gasteiger partial charge in [0.25, 0.3) is 0 Å². The molecule has 17 heavy (non-hydrogen) atoms. The van der Waals surface area contributed by atoms with E-state index >= 15 is 0 Å². The van der Waals surface area contributed by atoms with E-state index in [9.17, 15) is 14.7 Å². The van der Waals surface area contributed by atoms with E-state index in [4.69, 9.17) is 4.74 Å². The van der Waals surface area contributed by atoms with Gasteiger partial charge < -0.3 is 15.2 Å². The summed E-state index contributed by atoms with van der Waals surface area (Å²) in [7, 11) is 0.